The summed E-state index contributed by atoms with van der Waals surface area (Å²) in [6.45, 7) is 0.845. The van der Waals surface area contributed by atoms with E-state index in [1.54, 1.807) is 14.2 Å². The van der Waals surface area contributed by atoms with Crippen molar-refractivity contribution >= 4 is 5.91 Å². The molecule has 2 fully saturated rings. The summed E-state index contributed by atoms with van der Waals surface area (Å²) in [7, 11) is 3.41. The number of amides is 1. The molecular formula is C29H32N2O3. The number of ether oxygens (including phenoxy) is 2. The molecular weight excluding hydrogens is 424 g/mol. The van der Waals surface area contributed by atoms with Gasteiger partial charge in [0.2, 0.25) is 0 Å². The SMILES string of the molecule is COc1ccc(OC)c(CN2C3CCC2CC(NC(=O)c2ccc(-c4ccccc4)cc2)C3)c1. The van der Waals surface area contributed by atoms with Crippen molar-refractivity contribution in [3.63, 3.8) is 0 Å². The Hall–Kier alpha value is -3.31. The van der Waals surface area contributed by atoms with E-state index in [9.17, 15) is 4.79 Å². The largest absolute Gasteiger partial charge is 0.497 e. The fourth-order valence-electron chi connectivity index (χ4n) is 5.57. The van der Waals surface area contributed by atoms with Crippen LogP contribution in [0.25, 0.3) is 11.1 Å². The second kappa shape index (κ2) is 9.90. The maximum absolute atomic E-state index is 13.0. The van der Waals surface area contributed by atoms with Crippen LogP contribution >= 0.6 is 0 Å². The third-order valence-corrected chi connectivity index (χ3v) is 7.31. The summed E-state index contributed by atoms with van der Waals surface area (Å²) in [6, 6.07) is 25.3. The predicted octanol–water partition coefficient (Wildman–Crippen LogP) is 5.30. The lowest BCUT2D eigenvalue weighted by Gasteiger charge is -2.39. The number of hydrogen-bond acceptors (Lipinski definition) is 4. The number of nitrogens with zero attached hydrogens (tertiary/aromatic N) is 1. The zero-order valence-electron chi connectivity index (χ0n) is 19.9. The van der Waals surface area contributed by atoms with Crippen molar-refractivity contribution in [1.29, 1.82) is 0 Å². The summed E-state index contributed by atoms with van der Waals surface area (Å²) in [6.07, 6.45) is 4.32. The molecule has 2 bridgehead atoms. The van der Waals surface area contributed by atoms with Gasteiger partial charge in [0.1, 0.15) is 11.5 Å². The fourth-order valence-corrected chi connectivity index (χ4v) is 5.57. The van der Waals surface area contributed by atoms with Gasteiger partial charge >= 0.3 is 0 Å². The monoisotopic (exact) mass is 456 g/mol. The van der Waals surface area contributed by atoms with E-state index in [4.69, 9.17) is 9.47 Å². The van der Waals surface area contributed by atoms with Crippen LogP contribution in [0.2, 0.25) is 0 Å². The molecule has 0 aromatic heterocycles. The van der Waals surface area contributed by atoms with Gasteiger partial charge in [0, 0.05) is 35.8 Å². The van der Waals surface area contributed by atoms with E-state index in [1.165, 1.54) is 12.8 Å². The summed E-state index contributed by atoms with van der Waals surface area (Å²) in [5.74, 6) is 1.77. The van der Waals surface area contributed by atoms with Crippen molar-refractivity contribution in [2.75, 3.05) is 14.2 Å². The first-order chi connectivity index (χ1) is 16.6. The average molecular weight is 457 g/mol. The third-order valence-electron chi connectivity index (χ3n) is 7.31. The Morgan fingerprint density at radius 2 is 1.56 bits per heavy atom. The molecule has 1 amide bonds. The first kappa shape index (κ1) is 22.5. The zero-order valence-corrected chi connectivity index (χ0v) is 19.9. The summed E-state index contributed by atoms with van der Waals surface area (Å²) < 4.78 is 11.0. The molecule has 5 nitrogen and oxygen atoms in total. The molecule has 2 unspecified atom stereocenters. The Morgan fingerprint density at radius 1 is 0.882 bits per heavy atom. The van der Waals surface area contributed by atoms with Gasteiger partial charge in [-0.2, -0.15) is 0 Å². The highest BCUT2D eigenvalue weighted by molar-refractivity contribution is 5.94. The van der Waals surface area contributed by atoms with Crippen LogP contribution in [0.5, 0.6) is 11.5 Å². The Bertz CT molecular complexity index is 1120. The van der Waals surface area contributed by atoms with Crippen molar-refractivity contribution in [1.82, 2.24) is 10.2 Å². The third kappa shape index (κ3) is 4.66. The topological polar surface area (TPSA) is 50.8 Å². The van der Waals surface area contributed by atoms with Gasteiger partial charge in [0.25, 0.3) is 5.91 Å². The van der Waals surface area contributed by atoms with E-state index in [0.717, 1.165) is 53.1 Å². The molecule has 5 rings (SSSR count). The zero-order chi connectivity index (χ0) is 23.5. The highest BCUT2D eigenvalue weighted by atomic mass is 16.5. The second-order valence-electron chi connectivity index (χ2n) is 9.32. The maximum atomic E-state index is 13.0. The summed E-state index contributed by atoms with van der Waals surface area (Å²) in [5.41, 5.74) is 4.15. The molecule has 2 aliphatic rings. The van der Waals surface area contributed by atoms with E-state index < -0.39 is 0 Å². The number of methoxy groups -OCH3 is 2. The van der Waals surface area contributed by atoms with E-state index in [-0.39, 0.29) is 11.9 Å². The Labute approximate surface area is 201 Å². The van der Waals surface area contributed by atoms with E-state index in [1.807, 2.05) is 54.6 Å². The minimum Gasteiger partial charge on any atom is -0.497 e. The molecule has 5 heteroatoms. The lowest BCUT2D eigenvalue weighted by Crippen LogP contribution is -2.50. The Morgan fingerprint density at radius 3 is 2.21 bits per heavy atom. The number of rotatable bonds is 7. The van der Waals surface area contributed by atoms with Gasteiger partial charge in [0.15, 0.2) is 0 Å². The molecule has 0 spiro atoms. The van der Waals surface area contributed by atoms with E-state index >= 15 is 0 Å². The number of carbonyl (C=O) groups is 1. The van der Waals surface area contributed by atoms with Gasteiger partial charge in [-0.25, -0.2) is 0 Å². The highest BCUT2D eigenvalue weighted by Crippen LogP contribution is 2.38. The van der Waals surface area contributed by atoms with Crippen LogP contribution in [0, 0.1) is 0 Å². The minimum absolute atomic E-state index is 0.0203. The van der Waals surface area contributed by atoms with Crippen LogP contribution in [0.1, 0.15) is 41.6 Å². The number of hydrogen-bond donors (Lipinski definition) is 1. The molecule has 176 valence electrons. The molecule has 3 aromatic carbocycles. The lowest BCUT2D eigenvalue weighted by atomic mass is 9.96. The van der Waals surface area contributed by atoms with Crippen LogP contribution in [-0.4, -0.2) is 43.2 Å². The molecule has 2 saturated heterocycles. The quantitative estimate of drug-likeness (QED) is 0.524. The summed E-state index contributed by atoms with van der Waals surface area (Å²) in [5, 5.41) is 3.31. The lowest BCUT2D eigenvalue weighted by molar-refractivity contribution is 0.0825. The molecule has 2 aliphatic heterocycles. The first-order valence-electron chi connectivity index (χ1n) is 12.1. The van der Waals surface area contributed by atoms with Crippen molar-refractivity contribution in [2.45, 2.75) is 50.4 Å². The highest BCUT2D eigenvalue weighted by Gasteiger charge is 2.41. The molecule has 3 aromatic rings. The van der Waals surface area contributed by atoms with Gasteiger partial charge in [-0.05, 0) is 67.1 Å². The van der Waals surface area contributed by atoms with Gasteiger partial charge in [-0.15, -0.1) is 0 Å². The molecule has 1 N–H and O–H groups in total. The fraction of sp³-hybridized carbons (Fsp3) is 0.345. The molecule has 34 heavy (non-hydrogen) atoms. The van der Waals surface area contributed by atoms with Gasteiger partial charge in [0.05, 0.1) is 14.2 Å². The van der Waals surface area contributed by atoms with Crippen molar-refractivity contribution < 1.29 is 14.3 Å². The average Bonchev–Trinajstić information content (AvgIpc) is 3.11. The van der Waals surface area contributed by atoms with E-state index in [0.29, 0.717) is 12.1 Å². The van der Waals surface area contributed by atoms with Crippen molar-refractivity contribution in [3.05, 3.63) is 83.9 Å². The Kier molecular flexibility index (Phi) is 6.54. The van der Waals surface area contributed by atoms with Crippen LogP contribution in [0.3, 0.4) is 0 Å². The standard InChI is InChI=1S/C29H32N2O3/c1-33-27-14-15-28(34-2)23(16-27)19-31-25-12-13-26(31)18-24(17-25)30-29(32)22-10-8-21(9-11-22)20-6-4-3-5-7-20/h3-11,14-16,24-26H,12-13,17-19H2,1-2H3,(H,30,32). The predicted molar refractivity (Wildman–Crippen MR) is 134 cm³/mol. The molecule has 2 heterocycles. The molecule has 0 radical (unpaired) electrons. The van der Waals surface area contributed by atoms with Crippen LogP contribution in [-0.2, 0) is 6.54 Å². The smallest absolute Gasteiger partial charge is 0.251 e. The van der Waals surface area contributed by atoms with Gasteiger partial charge < -0.3 is 14.8 Å². The second-order valence-corrected chi connectivity index (χ2v) is 9.32. The molecule has 2 atom stereocenters. The van der Waals surface area contributed by atoms with Crippen LogP contribution in [0.4, 0.5) is 0 Å². The summed E-state index contributed by atoms with van der Waals surface area (Å²) in [4.78, 5) is 15.6. The minimum atomic E-state index is 0.0203. The number of carbonyl (C=O) groups excluding carboxylic acids is 1. The van der Waals surface area contributed by atoms with Crippen molar-refractivity contribution in [3.8, 4) is 22.6 Å². The number of nitrogens with one attached hydrogen (secondary N) is 1. The molecule has 0 aliphatic carbocycles. The van der Waals surface area contributed by atoms with Crippen LogP contribution < -0.4 is 14.8 Å². The van der Waals surface area contributed by atoms with Crippen LogP contribution in [0.15, 0.2) is 72.8 Å². The Balaban J connectivity index is 1.22. The summed E-state index contributed by atoms with van der Waals surface area (Å²) >= 11 is 0. The van der Waals surface area contributed by atoms with Gasteiger partial charge in [-0.1, -0.05) is 42.5 Å². The van der Waals surface area contributed by atoms with Gasteiger partial charge in [-0.3, -0.25) is 9.69 Å². The normalized spacial score (nSPS) is 21.8. The van der Waals surface area contributed by atoms with E-state index in [2.05, 4.69) is 28.4 Å². The number of piperidine rings is 1. The first-order valence-corrected chi connectivity index (χ1v) is 12.1. The maximum Gasteiger partial charge on any atom is 0.251 e. The van der Waals surface area contributed by atoms with Crippen molar-refractivity contribution in [2.24, 2.45) is 0 Å². The number of fused-ring (bicyclic) bond motifs is 2. The molecule has 0 saturated carbocycles. The number of benzene rings is 3.